The molecule has 0 unspecified atom stereocenters. The Bertz CT molecular complexity index is 1140. The van der Waals surface area contributed by atoms with Crippen molar-refractivity contribution in [3.05, 3.63) is 94.0 Å². The molecular formula is C27H28O5. The Hall–Kier alpha value is -3.60. The van der Waals surface area contributed by atoms with Gasteiger partial charge in [-0.3, -0.25) is 0 Å². The first-order valence-electron chi connectivity index (χ1n) is 10.3. The third kappa shape index (κ3) is 4.67. The van der Waals surface area contributed by atoms with E-state index in [9.17, 15) is 9.59 Å². The molecule has 0 amide bonds. The smallest absolute Gasteiger partial charge is 0.343 e. The van der Waals surface area contributed by atoms with E-state index in [2.05, 4.69) is 30.7 Å². The van der Waals surface area contributed by atoms with Crippen molar-refractivity contribution < 1.29 is 23.8 Å². The predicted octanol–water partition coefficient (Wildman–Crippen LogP) is 5.64. The minimum Gasteiger partial charge on any atom is -0.496 e. The maximum Gasteiger partial charge on any atom is 0.343 e. The van der Waals surface area contributed by atoms with Crippen LogP contribution in [-0.4, -0.2) is 26.2 Å². The van der Waals surface area contributed by atoms with E-state index in [0.717, 1.165) is 22.4 Å². The molecule has 166 valence electrons. The molecule has 0 bridgehead atoms. The lowest BCUT2D eigenvalue weighted by Crippen LogP contribution is -2.19. The number of carbonyl (C=O) groups excluding carboxylic acids is 2. The molecule has 0 atom stereocenters. The first-order valence-corrected chi connectivity index (χ1v) is 10.3. The van der Waals surface area contributed by atoms with E-state index in [0.29, 0.717) is 16.9 Å². The summed E-state index contributed by atoms with van der Waals surface area (Å²) in [7, 11) is 2.98. The molecule has 0 radical (unpaired) electrons. The van der Waals surface area contributed by atoms with Crippen molar-refractivity contribution in [3.63, 3.8) is 0 Å². The molecule has 32 heavy (non-hydrogen) atoms. The van der Waals surface area contributed by atoms with Crippen LogP contribution < -0.4 is 9.47 Å². The van der Waals surface area contributed by atoms with Crippen LogP contribution in [0.25, 0.3) is 0 Å². The van der Waals surface area contributed by atoms with E-state index >= 15 is 0 Å². The Morgan fingerprint density at radius 3 is 1.59 bits per heavy atom. The van der Waals surface area contributed by atoms with Crippen LogP contribution in [0.5, 0.6) is 11.5 Å². The summed E-state index contributed by atoms with van der Waals surface area (Å²) < 4.78 is 15.7. The van der Waals surface area contributed by atoms with Crippen LogP contribution in [0.3, 0.4) is 0 Å². The number of carbonyl (C=O) groups is 2. The van der Waals surface area contributed by atoms with Crippen molar-refractivity contribution in [2.45, 2.75) is 33.1 Å². The van der Waals surface area contributed by atoms with Gasteiger partial charge < -0.3 is 14.2 Å². The molecule has 0 fully saturated rings. The third-order valence-electron chi connectivity index (χ3n) is 5.76. The summed E-state index contributed by atoms with van der Waals surface area (Å²) in [5.74, 6) is 0.424. The third-order valence-corrected chi connectivity index (χ3v) is 5.76. The normalized spacial score (nSPS) is 11.1. The summed E-state index contributed by atoms with van der Waals surface area (Å²) in [5.41, 5.74) is 4.72. The molecule has 3 aromatic rings. The Balaban J connectivity index is 1.80. The Morgan fingerprint density at radius 2 is 1.16 bits per heavy atom. The van der Waals surface area contributed by atoms with Crippen molar-refractivity contribution in [2.75, 3.05) is 14.2 Å². The van der Waals surface area contributed by atoms with Crippen molar-refractivity contribution in [1.82, 2.24) is 0 Å². The van der Waals surface area contributed by atoms with Gasteiger partial charge in [-0.15, -0.1) is 0 Å². The molecule has 0 aliphatic carbocycles. The number of methoxy groups -OCH3 is 2. The lowest BCUT2D eigenvalue weighted by molar-refractivity contribution is 0.0599. The number of rotatable bonds is 6. The van der Waals surface area contributed by atoms with Gasteiger partial charge >= 0.3 is 11.9 Å². The predicted molar refractivity (Wildman–Crippen MR) is 124 cm³/mol. The molecule has 0 saturated carbocycles. The molecule has 5 nitrogen and oxygen atoms in total. The molecule has 0 heterocycles. The zero-order valence-corrected chi connectivity index (χ0v) is 19.3. The standard InChI is InChI=1S/C27H28O5/c1-17-15-21(11-13-23(17)30-5)27(3,4)22-12-14-24(18(2)16-22)32-26(29)20-9-7-19(8-10-20)25(28)31-6/h7-16H,1-6H3. The molecule has 0 spiro atoms. The van der Waals surface area contributed by atoms with Crippen LogP contribution in [0.4, 0.5) is 0 Å². The highest BCUT2D eigenvalue weighted by atomic mass is 16.5. The summed E-state index contributed by atoms with van der Waals surface area (Å²) in [5, 5.41) is 0. The molecule has 0 aromatic heterocycles. The van der Waals surface area contributed by atoms with Crippen LogP contribution in [-0.2, 0) is 10.2 Å². The summed E-state index contributed by atoms with van der Waals surface area (Å²) in [6.45, 7) is 8.28. The summed E-state index contributed by atoms with van der Waals surface area (Å²) in [6.07, 6.45) is 0. The molecule has 0 saturated heterocycles. The molecule has 0 aliphatic rings. The second kappa shape index (κ2) is 9.27. The number of benzene rings is 3. The molecule has 3 aromatic carbocycles. The van der Waals surface area contributed by atoms with Gasteiger partial charge in [-0.1, -0.05) is 38.1 Å². The minimum atomic E-state index is -0.484. The van der Waals surface area contributed by atoms with Crippen LogP contribution in [0.2, 0.25) is 0 Å². The van der Waals surface area contributed by atoms with Gasteiger partial charge in [-0.05, 0) is 72.5 Å². The zero-order chi connectivity index (χ0) is 23.5. The van der Waals surface area contributed by atoms with Crippen molar-refractivity contribution in [2.24, 2.45) is 0 Å². The van der Waals surface area contributed by atoms with E-state index in [1.54, 1.807) is 19.2 Å². The van der Waals surface area contributed by atoms with Crippen LogP contribution >= 0.6 is 0 Å². The zero-order valence-electron chi connectivity index (χ0n) is 19.3. The lowest BCUT2D eigenvalue weighted by atomic mass is 9.77. The van der Waals surface area contributed by atoms with Crippen LogP contribution in [0, 0.1) is 13.8 Å². The van der Waals surface area contributed by atoms with Gasteiger partial charge in [-0.25, -0.2) is 9.59 Å². The number of ether oxygens (including phenoxy) is 3. The molecular weight excluding hydrogens is 404 g/mol. The van der Waals surface area contributed by atoms with Crippen molar-refractivity contribution in [1.29, 1.82) is 0 Å². The van der Waals surface area contributed by atoms with E-state index in [1.165, 1.54) is 24.8 Å². The second-order valence-electron chi connectivity index (χ2n) is 8.25. The lowest BCUT2D eigenvalue weighted by Gasteiger charge is -2.27. The first kappa shape index (κ1) is 23.1. The fourth-order valence-electron chi connectivity index (χ4n) is 3.61. The fourth-order valence-corrected chi connectivity index (χ4v) is 3.61. The van der Waals surface area contributed by atoms with Gasteiger partial charge in [0.1, 0.15) is 11.5 Å². The highest BCUT2D eigenvalue weighted by molar-refractivity contribution is 5.94. The topological polar surface area (TPSA) is 61.8 Å². The first-order chi connectivity index (χ1) is 15.2. The minimum absolute atomic E-state index is 0.242. The quantitative estimate of drug-likeness (QED) is 0.372. The number of hydrogen-bond donors (Lipinski definition) is 0. The Morgan fingerprint density at radius 1 is 0.688 bits per heavy atom. The van der Waals surface area contributed by atoms with E-state index in [-0.39, 0.29) is 5.41 Å². The Labute approximate surface area is 188 Å². The van der Waals surface area contributed by atoms with Gasteiger partial charge in [0, 0.05) is 5.41 Å². The average molecular weight is 433 g/mol. The Kier molecular flexibility index (Phi) is 6.68. The highest BCUT2D eigenvalue weighted by Gasteiger charge is 2.25. The van der Waals surface area contributed by atoms with Gasteiger partial charge in [0.25, 0.3) is 0 Å². The summed E-state index contributed by atoms with van der Waals surface area (Å²) in [6, 6.07) is 18.2. The fraction of sp³-hybridized carbons (Fsp3) is 0.259. The summed E-state index contributed by atoms with van der Waals surface area (Å²) >= 11 is 0. The molecule has 0 aliphatic heterocycles. The molecule has 5 heteroatoms. The maximum atomic E-state index is 12.6. The van der Waals surface area contributed by atoms with E-state index in [1.807, 2.05) is 38.1 Å². The largest absolute Gasteiger partial charge is 0.496 e. The molecule has 0 N–H and O–H groups in total. The SMILES string of the molecule is COC(=O)c1ccc(C(=O)Oc2ccc(C(C)(C)c3ccc(OC)c(C)c3)cc2C)cc1. The van der Waals surface area contributed by atoms with Crippen LogP contribution in [0.1, 0.15) is 56.8 Å². The maximum absolute atomic E-state index is 12.6. The van der Waals surface area contributed by atoms with Crippen molar-refractivity contribution in [3.8, 4) is 11.5 Å². The molecule has 3 rings (SSSR count). The average Bonchev–Trinajstić information content (AvgIpc) is 2.79. The highest BCUT2D eigenvalue weighted by Crippen LogP contribution is 2.36. The monoisotopic (exact) mass is 432 g/mol. The number of aryl methyl sites for hydroxylation is 2. The number of hydrogen-bond acceptors (Lipinski definition) is 5. The second-order valence-corrected chi connectivity index (χ2v) is 8.25. The van der Waals surface area contributed by atoms with Gasteiger partial charge in [0.15, 0.2) is 0 Å². The van der Waals surface area contributed by atoms with Crippen LogP contribution in [0.15, 0.2) is 60.7 Å². The summed E-state index contributed by atoms with van der Waals surface area (Å²) in [4.78, 5) is 24.1. The number of esters is 2. The van der Waals surface area contributed by atoms with Gasteiger partial charge in [-0.2, -0.15) is 0 Å². The van der Waals surface area contributed by atoms with Gasteiger partial charge in [0.05, 0.1) is 25.3 Å². The van der Waals surface area contributed by atoms with Crippen molar-refractivity contribution >= 4 is 11.9 Å². The van der Waals surface area contributed by atoms with E-state index in [4.69, 9.17) is 9.47 Å². The van der Waals surface area contributed by atoms with Gasteiger partial charge in [0.2, 0.25) is 0 Å². The van der Waals surface area contributed by atoms with E-state index < -0.39 is 11.9 Å².